The first-order valence-electron chi connectivity index (χ1n) is 7.66. The molecule has 1 aromatic heterocycles. The minimum absolute atomic E-state index is 0.454. The molecular weight excluding hydrogens is 300 g/mol. The lowest BCUT2D eigenvalue weighted by Gasteiger charge is -2.32. The van der Waals surface area contributed by atoms with Crippen molar-refractivity contribution < 1.29 is 0 Å². The van der Waals surface area contributed by atoms with Crippen LogP contribution in [0.15, 0.2) is 16.4 Å². The molecule has 0 radical (unpaired) electrons. The van der Waals surface area contributed by atoms with E-state index in [1.807, 2.05) is 23.1 Å². The summed E-state index contributed by atoms with van der Waals surface area (Å²) in [7, 11) is 0. The molecule has 116 valence electrons. The molecule has 0 aliphatic carbocycles. The summed E-state index contributed by atoms with van der Waals surface area (Å²) >= 11 is 3.89. The zero-order chi connectivity index (χ0) is 14.7. The van der Waals surface area contributed by atoms with Gasteiger partial charge >= 0.3 is 0 Å². The third-order valence-corrected chi connectivity index (χ3v) is 6.28. The van der Waals surface area contributed by atoms with E-state index in [9.17, 15) is 0 Å². The molecule has 2 aliphatic heterocycles. The standard InChI is InChI=1S/C15H24N4S2/c1-12(10-17-15(16)18-5-8-20-9-6-18)19-4-2-14-13(11-19)3-7-21-14/h3,7,12H,2,4-6,8-11H2,1H3,(H2,16,17). The number of nitrogens with two attached hydrogens (primary N) is 1. The first kappa shape index (κ1) is 15.2. The van der Waals surface area contributed by atoms with Crippen LogP contribution in [0.2, 0.25) is 0 Å². The van der Waals surface area contributed by atoms with Crippen LogP contribution >= 0.6 is 23.1 Å². The highest BCUT2D eigenvalue weighted by Gasteiger charge is 2.21. The molecule has 1 atom stereocenters. The zero-order valence-electron chi connectivity index (χ0n) is 12.6. The summed E-state index contributed by atoms with van der Waals surface area (Å²) in [5.41, 5.74) is 7.64. The number of fused-ring (bicyclic) bond motifs is 1. The van der Waals surface area contributed by atoms with Gasteiger partial charge in [0.1, 0.15) is 0 Å². The minimum atomic E-state index is 0.454. The van der Waals surface area contributed by atoms with Gasteiger partial charge in [-0.15, -0.1) is 11.3 Å². The molecule has 1 unspecified atom stereocenters. The molecule has 1 saturated heterocycles. The Labute approximate surface area is 135 Å². The van der Waals surface area contributed by atoms with Crippen molar-refractivity contribution in [3.8, 4) is 0 Å². The quantitative estimate of drug-likeness (QED) is 0.681. The largest absolute Gasteiger partial charge is 0.370 e. The van der Waals surface area contributed by atoms with Crippen LogP contribution in [0.3, 0.4) is 0 Å². The third-order valence-electron chi connectivity index (χ3n) is 4.31. The molecule has 0 aromatic carbocycles. The molecule has 0 amide bonds. The average Bonchev–Trinajstić information content (AvgIpc) is 3.00. The second-order valence-corrected chi connectivity index (χ2v) is 7.96. The van der Waals surface area contributed by atoms with Gasteiger partial charge in [-0.1, -0.05) is 0 Å². The first-order valence-corrected chi connectivity index (χ1v) is 9.69. The van der Waals surface area contributed by atoms with Crippen LogP contribution in [0.5, 0.6) is 0 Å². The van der Waals surface area contributed by atoms with Crippen LogP contribution < -0.4 is 5.73 Å². The highest BCUT2D eigenvalue weighted by molar-refractivity contribution is 7.99. The maximum absolute atomic E-state index is 6.14. The summed E-state index contributed by atoms with van der Waals surface area (Å²) in [6.45, 7) is 7.35. The summed E-state index contributed by atoms with van der Waals surface area (Å²) in [6, 6.07) is 2.72. The number of guanidine groups is 1. The van der Waals surface area contributed by atoms with Crippen molar-refractivity contribution >= 4 is 29.1 Å². The van der Waals surface area contributed by atoms with Gasteiger partial charge in [0.25, 0.3) is 0 Å². The predicted molar refractivity (Wildman–Crippen MR) is 93.3 cm³/mol. The van der Waals surface area contributed by atoms with Crippen molar-refractivity contribution in [2.24, 2.45) is 10.7 Å². The lowest BCUT2D eigenvalue weighted by Crippen LogP contribution is -2.44. The third kappa shape index (κ3) is 3.73. The van der Waals surface area contributed by atoms with Crippen LogP contribution in [0.1, 0.15) is 17.4 Å². The first-order chi connectivity index (χ1) is 10.2. The van der Waals surface area contributed by atoms with Crippen molar-refractivity contribution in [1.29, 1.82) is 0 Å². The van der Waals surface area contributed by atoms with Gasteiger partial charge in [-0.3, -0.25) is 9.89 Å². The van der Waals surface area contributed by atoms with E-state index < -0.39 is 0 Å². The van der Waals surface area contributed by atoms with Crippen LogP contribution in [0.25, 0.3) is 0 Å². The van der Waals surface area contributed by atoms with Gasteiger partial charge in [0.05, 0.1) is 6.54 Å². The smallest absolute Gasteiger partial charge is 0.191 e. The minimum Gasteiger partial charge on any atom is -0.370 e. The number of thiophene rings is 1. The molecule has 1 aromatic rings. The van der Waals surface area contributed by atoms with Crippen molar-refractivity contribution in [3.63, 3.8) is 0 Å². The molecular formula is C15H24N4S2. The molecule has 4 nitrogen and oxygen atoms in total. The number of nitrogens with zero attached hydrogens (tertiary/aromatic N) is 3. The molecule has 1 fully saturated rings. The van der Waals surface area contributed by atoms with Crippen LogP contribution in [0.4, 0.5) is 0 Å². The molecule has 0 spiro atoms. The van der Waals surface area contributed by atoms with E-state index in [2.05, 4.69) is 33.2 Å². The molecule has 6 heteroatoms. The summed E-state index contributed by atoms with van der Waals surface area (Å²) < 4.78 is 0. The molecule has 2 N–H and O–H groups in total. The number of hydrogen-bond acceptors (Lipinski definition) is 4. The second-order valence-electron chi connectivity index (χ2n) is 5.74. The van der Waals surface area contributed by atoms with Gasteiger partial charge in [0.15, 0.2) is 5.96 Å². The highest BCUT2D eigenvalue weighted by atomic mass is 32.2. The summed E-state index contributed by atoms with van der Waals surface area (Å²) in [6.07, 6.45) is 1.18. The van der Waals surface area contributed by atoms with Crippen molar-refractivity contribution in [1.82, 2.24) is 9.80 Å². The SMILES string of the molecule is CC(CN=C(N)N1CCSCC1)N1CCc2sccc2C1. The van der Waals surface area contributed by atoms with Gasteiger partial charge in [0.2, 0.25) is 0 Å². The molecule has 0 bridgehead atoms. The fourth-order valence-electron chi connectivity index (χ4n) is 2.88. The fraction of sp³-hybridized carbons (Fsp3) is 0.667. The maximum atomic E-state index is 6.14. The highest BCUT2D eigenvalue weighted by Crippen LogP contribution is 2.25. The van der Waals surface area contributed by atoms with E-state index in [1.54, 1.807) is 4.88 Å². The van der Waals surface area contributed by atoms with Crippen molar-refractivity contribution in [2.75, 3.05) is 37.7 Å². The lowest BCUT2D eigenvalue weighted by atomic mass is 10.1. The Kier molecular flexibility index (Phi) is 5.08. The van der Waals surface area contributed by atoms with Gasteiger partial charge in [-0.25, -0.2) is 0 Å². The van der Waals surface area contributed by atoms with E-state index in [0.29, 0.717) is 6.04 Å². The monoisotopic (exact) mass is 324 g/mol. The Morgan fingerprint density at radius 1 is 1.38 bits per heavy atom. The second kappa shape index (κ2) is 7.03. The summed E-state index contributed by atoms with van der Waals surface area (Å²) in [4.78, 5) is 10.9. The topological polar surface area (TPSA) is 44.9 Å². The van der Waals surface area contributed by atoms with Crippen molar-refractivity contribution in [2.45, 2.75) is 25.9 Å². The van der Waals surface area contributed by atoms with Crippen molar-refractivity contribution in [3.05, 3.63) is 21.9 Å². The van der Waals surface area contributed by atoms with E-state index in [0.717, 1.165) is 38.7 Å². The van der Waals surface area contributed by atoms with Gasteiger partial charge < -0.3 is 10.6 Å². The predicted octanol–water partition coefficient (Wildman–Crippen LogP) is 1.86. The number of aliphatic imine (C=N–C) groups is 1. The summed E-state index contributed by atoms with van der Waals surface area (Å²) in [5, 5.41) is 2.21. The Bertz CT molecular complexity index is 494. The van der Waals surface area contributed by atoms with Gasteiger partial charge in [0, 0.05) is 48.6 Å². The van der Waals surface area contributed by atoms with E-state index in [4.69, 9.17) is 5.73 Å². The average molecular weight is 325 g/mol. The Balaban J connectivity index is 1.53. The normalized spacial score (nSPS) is 22.1. The van der Waals surface area contributed by atoms with E-state index >= 15 is 0 Å². The molecule has 21 heavy (non-hydrogen) atoms. The zero-order valence-corrected chi connectivity index (χ0v) is 14.3. The number of thioether (sulfide) groups is 1. The van der Waals surface area contributed by atoms with Crippen LogP contribution in [0, 0.1) is 0 Å². The number of hydrogen-bond donors (Lipinski definition) is 1. The Hall–Kier alpha value is -0.720. The van der Waals surface area contributed by atoms with E-state index in [-0.39, 0.29) is 0 Å². The van der Waals surface area contributed by atoms with Crippen LogP contribution in [-0.2, 0) is 13.0 Å². The van der Waals surface area contributed by atoms with Crippen LogP contribution in [-0.4, -0.2) is 59.5 Å². The van der Waals surface area contributed by atoms with E-state index in [1.165, 1.54) is 23.5 Å². The fourth-order valence-corrected chi connectivity index (χ4v) is 4.67. The molecule has 0 saturated carbocycles. The Morgan fingerprint density at radius 2 is 2.19 bits per heavy atom. The lowest BCUT2D eigenvalue weighted by molar-refractivity contribution is 0.196. The number of rotatable bonds is 3. The molecule has 3 rings (SSSR count). The summed E-state index contributed by atoms with van der Waals surface area (Å²) in [5.74, 6) is 3.06. The Morgan fingerprint density at radius 3 is 3.00 bits per heavy atom. The van der Waals surface area contributed by atoms with Gasteiger partial charge in [-0.2, -0.15) is 11.8 Å². The molecule has 2 aliphatic rings. The van der Waals surface area contributed by atoms with Gasteiger partial charge in [-0.05, 0) is 30.4 Å². The maximum Gasteiger partial charge on any atom is 0.191 e. The molecule has 3 heterocycles.